The molecule has 0 amide bonds. The SMILES string of the molecule is CC(C)Nc1nc(C=O)cc2cnc(Cl)cc12. The first-order valence-electron chi connectivity index (χ1n) is 5.28. The highest BCUT2D eigenvalue weighted by atomic mass is 35.5. The lowest BCUT2D eigenvalue weighted by atomic mass is 10.2. The molecule has 4 nitrogen and oxygen atoms in total. The van der Waals surface area contributed by atoms with Crippen LogP contribution in [0.5, 0.6) is 0 Å². The van der Waals surface area contributed by atoms with Crippen LogP contribution in [-0.2, 0) is 0 Å². The van der Waals surface area contributed by atoms with E-state index in [0.717, 1.165) is 17.1 Å². The number of rotatable bonds is 3. The van der Waals surface area contributed by atoms with Gasteiger partial charge in [-0.1, -0.05) is 11.6 Å². The van der Waals surface area contributed by atoms with Gasteiger partial charge in [0.1, 0.15) is 16.7 Å². The van der Waals surface area contributed by atoms with E-state index in [0.29, 0.717) is 16.7 Å². The summed E-state index contributed by atoms with van der Waals surface area (Å²) in [5, 5.41) is 5.31. The lowest BCUT2D eigenvalue weighted by Crippen LogP contribution is -2.12. The van der Waals surface area contributed by atoms with Crippen LogP contribution < -0.4 is 5.32 Å². The zero-order chi connectivity index (χ0) is 12.4. The Kier molecular flexibility index (Phi) is 3.24. The number of aromatic nitrogens is 2. The Hall–Kier alpha value is -1.68. The van der Waals surface area contributed by atoms with Crippen molar-refractivity contribution < 1.29 is 4.79 Å². The van der Waals surface area contributed by atoms with Crippen molar-refractivity contribution in [3.05, 3.63) is 29.2 Å². The van der Waals surface area contributed by atoms with Gasteiger partial charge in [0.05, 0.1) is 0 Å². The molecule has 2 heterocycles. The van der Waals surface area contributed by atoms with Gasteiger partial charge in [0, 0.05) is 23.0 Å². The molecule has 0 saturated heterocycles. The topological polar surface area (TPSA) is 54.9 Å². The van der Waals surface area contributed by atoms with E-state index in [9.17, 15) is 4.79 Å². The fraction of sp³-hybridized carbons (Fsp3) is 0.250. The minimum Gasteiger partial charge on any atom is -0.367 e. The molecule has 5 heteroatoms. The summed E-state index contributed by atoms with van der Waals surface area (Å²) in [5.74, 6) is 0.656. The standard InChI is InChI=1S/C12H12ClN3O/c1-7(2)15-12-10-4-11(13)14-5-8(10)3-9(6-17)16-12/h3-7H,1-2H3,(H,15,16). The summed E-state index contributed by atoms with van der Waals surface area (Å²) < 4.78 is 0. The van der Waals surface area contributed by atoms with Gasteiger partial charge in [0.25, 0.3) is 0 Å². The van der Waals surface area contributed by atoms with E-state index in [1.807, 2.05) is 13.8 Å². The smallest absolute Gasteiger partial charge is 0.168 e. The van der Waals surface area contributed by atoms with Crippen LogP contribution >= 0.6 is 11.6 Å². The van der Waals surface area contributed by atoms with Gasteiger partial charge in [-0.15, -0.1) is 0 Å². The number of carbonyl (C=O) groups is 1. The van der Waals surface area contributed by atoms with Crippen LogP contribution in [0, 0.1) is 0 Å². The highest BCUT2D eigenvalue weighted by Gasteiger charge is 2.08. The molecule has 2 rings (SSSR count). The molecule has 0 spiro atoms. The molecule has 0 radical (unpaired) electrons. The van der Waals surface area contributed by atoms with Gasteiger partial charge in [-0.3, -0.25) is 4.79 Å². The maximum absolute atomic E-state index is 10.8. The van der Waals surface area contributed by atoms with E-state index in [4.69, 9.17) is 11.6 Å². The minimum absolute atomic E-state index is 0.222. The van der Waals surface area contributed by atoms with Crippen LogP contribution in [0.1, 0.15) is 24.3 Å². The Bertz CT molecular complexity index is 569. The van der Waals surface area contributed by atoms with Gasteiger partial charge < -0.3 is 5.32 Å². The molecule has 0 fully saturated rings. The number of nitrogens with one attached hydrogen (secondary N) is 1. The second-order valence-corrected chi connectivity index (χ2v) is 4.43. The molecule has 0 aliphatic rings. The highest BCUT2D eigenvalue weighted by molar-refractivity contribution is 6.30. The van der Waals surface area contributed by atoms with Crippen molar-refractivity contribution in [1.29, 1.82) is 0 Å². The first-order valence-corrected chi connectivity index (χ1v) is 5.66. The fourth-order valence-corrected chi connectivity index (χ4v) is 1.74. The predicted octanol–water partition coefficient (Wildman–Crippen LogP) is 2.92. The molecule has 1 N–H and O–H groups in total. The first kappa shape index (κ1) is 11.8. The molecular weight excluding hydrogens is 238 g/mol. The van der Waals surface area contributed by atoms with Gasteiger partial charge in [-0.25, -0.2) is 9.97 Å². The van der Waals surface area contributed by atoms with Crippen molar-refractivity contribution in [3.63, 3.8) is 0 Å². The largest absolute Gasteiger partial charge is 0.367 e. The van der Waals surface area contributed by atoms with Gasteiger partial charge in [0.15, 0.2) is 6.29 Å². The molecule has 2 aromatic rings. The number of hydrogen-bond acceptors (Lipinski definition) is 4. The zero-order valence-electron chi connectivity index (χ0n) is 9.57. The van der Waals surface area contributed by atoms with Crippen LogP contribution in [0.25, 0.3) is 10.8 Å². The van der Waals surface area contributed by atoms with E-state index >= 15 is 0 Å². The molecule has 88 valence electrons. The van der Waals surface area contributed by atoms with E-state index in [-0.39, 0.29) is 6.04 Å². The van der Waals surface area contributed by atoms with Crippen molar-refractivity contribution in [2.45, 2.75) is 19.9 Å². The zero-order valence-corrected chi connectivity index (χ0v) is 10.3. The summed E-state index contributed by atoms with van der Waals surface area (Å²) in [6.45, 7) is 4.01. The molecule has 0 aliphatic carbocycles. The third-order valence-corrected chi connectivity index (χ3v) is 2.45. The number of carbonyl (C=O) groups excluding carboxylic acids is 1. The van der Waals surface area contributed by atoms with Gasteiger partial charge in [-0.05, 0) is 26.0 Å². The van der Waals surface area contributed by atoms with Crippen LogP contribution in [0.4, 0.5) is 5.82 Å². The molecule has 0 aliphatic heterocycles. The van der Waals surface area contributed by atoms with Crippen molar-refractivity contribution in [2.24, 2.45) is 0 Å². The molecule has 0 saturated carbocycles. The van der Waals surface area contributed by atoms with E-state index < -0.39 is 0 Å². The van der Waals surface area contributed by atoms with Gasteiger partial charge in [-0.2, -0.15) is 0 Å². The van der Waals surface area contributed by atoms with Gasteiger partial charge in [0.2, 0.25) is 0 Å². The Morgan fingerprint density at radius 1 is 1.41 bits per heavy atom. The number of nitrogens with zero attached hydrogens (tertiary/aromatic N) is 2. The minimum atomic E-state index is 0.222. The van der Waals surface area contributed by atoms with Crippen molar-refractivity contribution in [1.82, 2.24) is 9.97 Å². The highest BCUT2D eigenvalue weighted by Crippen LogP contribution is 2.24. The number of pyridine rings is 2. The average molecular weight is 250 g/mol. The van der Waals surface area contributed by atoms with E-state index in [2.05, 4.69) is 15.3 Å². The summed E-state index contributed by atoms with van der Waals surface area (Å²) >= 11 is 5.86. The quantitative estimate of drug-likeness (QED) is 0.671. The van der Waals surface area contributed by atoms with Crippen LogP contribution in [-0.4, -0.2) is 22.3 Å². The fourth-order valence-electron chi connectivity index (χ4n) is 1.59. The molecule has 2 aromatic heterocycles. The third kappa shape index (κ3) is 2.53. The van der Waals surface area contributed by atoms with E-state index in [1.54, 1.807) is 18.3 Å². The summed E-state index contributed by atoms with van der Waals surface area (Å²) in [4.78, 5) is 19.1. The molecule has 17 heavy (non-hydrogen) atoms. The van der Waals surface area contributed by atoms with Crippen LogP contribution in [0.15, 0.2) is 18.3 Å². The lowest BCUT2D eigenvalue weighted by Gasteiger charge is -2.12. The first-order chi connectivity index (χ1) is 8.10. The Balaban J connectivity index is 2.67. The Morgan fingerprint density at radius 3 is 2.82 bits per heavy atom. The number of hydrogen-bond donors (Lipinski definition) is 1. The molecule has 0 bridgehead atoms. The summed E-state index contributed by atoms with van der Waals surface area (Å²) in [5.41, 5.74) is 0.379. The maximum atomic E-state index is 10.8. The Labute approximate surface area is 104 Å². The van der Waals surface area contributed by atoms with E-state index in [1.165, 1.54) is 0 Å². The Morgan fingerprint density at radius 2 is 2.18 bits per heavy atom. The second-order valence-electron chi connectivity index (χ2n) is 4.04. The summed E-state index contributed by atoms with van der Waals surface area (Å²) in [6, 6.07) is 3.65. The van der Waals surface area contributed by atoms with Crippen LogP contribution in [0.2, 0.25) is 5.15 Å². The maximum Gasteiger partial charge on any atom is 0.168 e. The van der Waals surface area contributed by atoms with Gasteiger partial charge >= 0.3 is 0 Å². The molecule has 0 unspecified atom stereocenters. The predicted molar refractivity (Wildman–Crippen MR) is 68.7 cm³/mol. The normalized spacial score (nSPS) is 10.8. The number of aldehydes is 1. The summed E-state index contributed by atoms with van der Waals surface area (Å²) in [7, 11) is 0. The summed E-state index contributed by atoms with van der Waals surface area (Å²) in [6.07, 6.45) is 2.36. The van der Waals surface area contributed by atoms with Crippen LogP contribution in [0.3, 0.4) is 0 Å². The molecule has 0 aromatic carbocycles. The monoisotopic (exact) mass is 249 g/mol. The number of anilines is 1. The number of fused-ring (bicyclic) bond motifs is 1. The van der Waals surface area contributed by atoms with Crippen molar-refractivity contribution >= 4 is 34.5 Å². The third-order valence-electron chi connectivity index (χ3n) is 2.25. The average Bonchev–Trinajstić information content (AvgIpc) is 2.28. The second kappa shape index (κ2) is 4.67. The van der Waals surface area contributed by atoms with Crippen molar-refractivity contribution in [2.75, 3.05) is 5.32 Å². The molecule has 0 atom stereocenters. The number of halogens is 1. The molecular formula is C12H12ClN3O. The lowest BCUT2D eigenvalue weighted by molar-refractivity contribution is 0.111. The van der Waals surface area contributed by atoms with Crippen molar-refractivity contribution in [3.8, 4) is 0 Å².